The van der Waals surface area contributed by atoms with Gasteiger partial charge in [-0.1, -0.05) is 154 Å². The number of nitrogens with zero attached hydrogens (tertiary/aromatic N) is 1. The number of rotatable bonds is 17. The summed E-state index contributed by atoms with van der Waals surface area (Å²) in [5.74, 6) is 0.797. The first-order valence-electron chi connectivity index (χ1n) is 20.4. The molecule has 5 nitrogen and oxygen atoms in total. The van der Waals surface area contributed by atoms with Crippen LogP contribution in [0.25, 0.3) is 0 Å². The van der Waals surface area contributed by atoms with Crippen LogP contribution in [0.5, 0.6) is 5.75 Å². The molecule has 1 aliphatic rings. The minimum absolute atomic E-state index is 0.0940. The van der Waals surface area contributed by atoms with Gasteiger partial charge in [-0.2, -0.15) is 0 Å². The van der Waals surface area contributed by atoms with Gasteiger partial charge in [0.05, 0.1) is 37.8 Å². The zero-order chi connectivity index (χ0) is 41.3. The number of halogens is 2. The fraction of sp³-hybridized carbons (Fsp3) is 0.340. The highest BCUT2D eigenvalue weighted by molar-refractivity contribution is 6.99. The predicted molar refractivity (Wildman–Crippen MR) is 242 cm³/mol. The summed E-state index contributed by atoms with van der Waals surface area (Å²) >= 11 is 13.3. The van der Waals surface area contributed by atoms with Crippen LogP contribution in [0.3, 0.4) is 0 Å². The average Bonchev–Trinajstić information content (AvgIpc) is 3.23. The molecule has 0 N–H and O–H groups in total. The van der Waals surface area contributed by atoms with Crippen LogP contribution in [0.1, 0.15) is 82.0 Å². The van der Waals surface area contributed by atoms with Crippen LogP contribution in [0.2, 0.25) is 15.1 Å². The highest BCUT2D eigenvalue weighted by Crippen LogP contribution is 2.54. The van der Waals surface area contributed by atoms with E-state index in [0.29, 0.717) is 55.5 Å². The normalized spacial score (nSPS) is 19.2. The van der Waals surface area contributed by atoms with Gasteiger partial charge in [0.25, 0.3) is 8.32 Å². The lowest BCUT2D eigenvalue weighted by Gasteiger charge is -2.53. The molecule has 0 radical (unpaired) electrons. The lowest BCUT2D eigenvalue weighted by Crippen LogP contribution is -2.68. The molecule has 1 amide bonds. The number of hydrogen-bond acceptors (Lipinski definition) is 4. The minimum atomic E-state index is -2.94. The Morgan fingerprint density at radius 1 is 0.845 bits per heavy atom. The summed E-state index contributed by atoms with van der Waals surface area (Å²) in [6.45, 7) is 14.4. The van der Waals surface area contributed by atoms with Crippen LogP contribution in [-0.2, 0) is 20.6 Å². The molecule has 1 saturated heterocycles. The van der Waals surface area contributed by atoms with Gasteiger partial charge in [0.2, 0.25) is 5.91 Å². The number of methoxy groups -OCH3 is 1. The van der Waals surface area contributed by atoms with E-state index in [1.54, 1.807) is 7.11 Å². The van der Waals surface area contributed by atoms with Crippen molar-refractivity contribution in [2.24, 2.45) is 5.41 Å². The molecule has 0 saturated carbocycles. The van der Waals surface area contributed by atoms with Gasteiger partial charge < -0.3 is 18.8 Å². The van der Waals surface area contributed by atoms with Crippen LogP contribution >= 0.6 is 23.2 Å². The molecule has 1 heterocycles. The second kappa shape index (κ2) is 19.3. The smallest absolute Gasteiger partial charge is 0.261 e. The number of hydrogen-bond donors (Lipinski definition) is 0. The standard InChI is InChI=1S/C50H57Cl2NO4Si/c1-7-30-50(31-32-56-35-37-22-28-43(55-6)29-23-37)34-46(39-16-15-17-41(52)33-39)47(38-24-26-40(51)27-25-38)53(48(50)54)42(8-2)36-57-58(49(3,4)5,44-18-11-9-12-19-44)45-20-13-10-14-21-45/h7,9-29,33,42,46-47H,1,8,30-32,34-36H2,2-6H3/t42?,46-,47-,50+/m1/s1. The summed E-state index contributed by atoms with van der Waals surface area (Å²) in [5, 5.41) is 3.49. The summed E-state index contributed by atoms with van der Waals surface area (Å²) in [6.07, 6.45) is 4.22. The molecule has 58 heavy (non-hydrogen) atoms. The molecule has 6 rings (SSSR count). The van der Waals surface area contributed by atoms with Crippen molar-refractivity contribution in [2.75, 3.05) is 20.3 Å². The number of benzene rings is 5. The average molecular weight is 835 g/mol. The van der Waals surface area contributed by atoms with E-state index in [2.05, 4.69) is 124 Å². The molecular formula is C50H57Cl2NO4Si. The van der Waals surface area contributed by atoms with E-state index in [0.717, 1.165) is 22.4 Å². The third-order valence-electron chi connectivity index (χ3n) is 11.9. The number of piperidine rings is 1. The van der Waals surface area contributed by atoms with Gasteiger partial charge in [-0.25, -0.2) is 0 Å². The Hall–Kier alpha value is -4.17. The van der Waals surface area contributed by atoms with Crippen molar-refractivity contribution >= 4 is 47.8 Å². The van der Waals surface area contributed by atoms with Crippen molar-refractivity contribution in [3.8, 4) is 5.75 Å². The largest absolute Gasteiger partial charge is 0.497 e. The second-order valence-corrected chi connectivity index (χ2v) is 21.7. The van der Waals surface area contributed by atoms with Crippen molar-refractivity contribution in [3.63, 3.8) is 0 Å². The highest BCUT2D eigenvalue weighted by atomic mass is 35.5. The molecule has 0 aromatic heterocycles. The maximum atomic E-state index is 15.8. The first-order chi connectivity index (χ1) is 28.0. The van der Waals surface area contributed by atoms with E-state index in [1.807, 2.05) is 54.6 Å². The van der Waals surface area contributed by atoms with Gasteiger partial charge in [-0.3, -0.25) is 4.79 Å². The van der Waals surface area contributed by atoms with E-state index in [-0.39, 0.29) is 28.9 Å². The molecule has 0 aliphatic carbocycles. The van der Waals surface area contributed by atoms with Crippen molar-refractivity contribution in [2.45, 2.75) is 83.0 Å². The topological polar surface area (TPSA) is 48.0 Å². The molecule has 8 heteroatoms. The van der Waals surface area contributed by atoms with Crippen molar-refractivity contribution < 1.29 is 18.7 Å². The lowest BCUT2D eigenvalue weighted by molar-refractivity contribution is -0.158. The third-order valence-corrected chi connectivity index (χ3v) is 17.4. The van der Waals surface area contributed by atoms with Gasteiger partial charge in [0.15, 0.2) is 0 Å². The quantitative estimate of drug-likeness (QED) is 0.0532. The van der Waals surface area contributed by atoms with Gasteiger partial charge in [-0.15, -0.1) is 6.58 Å². The minimum Gasteiger partial charge on any atom is -0.497 e. The summed E-state index contributed by atoms with van der Waals surface area (Å²) < 4.78 is 19.3. The van der Waals surface area contributed by atoms with Crippen LogP contribution < -0.4 is 15.1 Å². The number of allylic oxidation sites excluding steroid dienone is 1. The Morgan fingerprint density at radius 3 is 2.03 bits per heavy atom. The Balaban J connectivity index is 1.45. The SMILES string of the molecule is C=CC[C@]1(CCOCc2ccc(OC)cc2)C[C@H](c2cccc(Cl)c2)[C@@H](c2ccc(Cl)cc2)N(C(CC)CO[Si](c2ccccc2)(c2ccccc2)C(C)(C)C)C1=O. The van der Waals surface area contributed by atoms with E-state index in [9.17, 15) is 0 Å². The monoisotopic (exact) mass is 833 g/mol. The highest BCUT2D eigenvalue weighted by Gasteiger charge is 2.55. The Kier molecular flexibility index (Phi) is 14.4. The number of amides is 1. The van der Waals surface area contributed by atoms with Crippen molar-refractivity contribution in [1.82, 2.24) is 4.90 Å². The summed E-state index contributed by atoms with van der Waals surface area (Å²) in [6, 6.07) is 44.8. The Morgan fingerprint density at radius 2 is 1.48 bits per heavy atom. The fourth-order valence-electron chi connectivity index (χ4n) is 9.01. The molecule has 0 spiro atoms. The van der Waals surface area contributed by atoms with Crippen molar-refractivity contribution in [1.29, 1.82) is 0 Å². The summed E-state index contributed by atoms with van der Waals surface area (Å²) in [7, 11) is -1.28. The van der Waals surface area contributed by atoms with Crippen LogP contribution in [0, 0.1) is 5.41 Å². The molecular weight excluding hydrogens is 778 g/mol. The van der Waals surface area contributed by atoms with E-state index >= 15 is 4.79 Å². The number of likely N-dealkylation sites (tertiary alicyclic amines) is 1. The zero-order valence-corrected chi connectivity index (χ0v) is 37.0. The Bertz CT molecular complexity index is 2050. The Labute approximate surface area is 357 Å². The summed E-state index contributed by atoms with van der Waals surface area (Å²) in [4.78, 5) is 18.0. The van der Waals surface area contributed by atoms with E-state index in [1.165, 1.54) is 10.4 Å². The molecule has 0 bridgehead atoms. The van der Waals surface area contributed by atoms with Gasteiger partial charge in [0, 0.05) is 22.6 Å². The molecule has 1 fully saturated rings. The van der Waals surface area contributed by atoms with Gasteiger partial charge in [0.1, 0.15) is 5.75 Å². The van der Waals surface area contributed by atoms with E-state index < -0.39 is 13.7 Å². The lowest BCUT2D eigenvalue weighted by atomic mass is 9.64. The molecule has 304 valence electrons. The van der Waals surface area contributed by atoms with Gasteiger partial charge >= 0.3 is 0 Å². The van der Waals surface area contributed by atoms with Crippen LogP contribution in [0.15, 0.2) is 146 Å². The van der Waals surface area contributed by atoms with Crippen molar-refractivity contribution in [3.05, 3.63) is 173 Å². The fourth-order valence-corrected chi connectivity index (χ4v) is 13.9. The molecule has 5 aromatic carbocycles. The molecule has 1 unspecified atom stereocenters. The van der Waals surface area contributed by atoms with Crippen LogP contribution in [0.4, 0.5) is 0 Å². The van der Waals surface area contributed by atoms with Gasteiger partial charge in [-0.05, 0) is 94.2 Å². The zero-order valence-electron chi connectivity index (χ0n) is 34.5. The predicted octanol–water partition coefficient (Wildman–Crippen LogP) is 11.6. The molecule has 1 aliphatic heterocycles. The number of carbonyl (C=O) groups is 1. The molecule has 4 atom stereocenters. The van der Waals surface area contributed by atoms with Crippen LogP contribution in [-0.4, -0.2) is 45.5 Å². The molecule has 5 aromatic rings. The number of ether oxygens (including phenoxy) is 2. The third kappa shape index (κ3) is 9.32. The first kappa shape index (κ1) is 43.4. The van der Waals surface area contributed by atoms with E-state index in [4.69, 9.17) is 37.1 Å². The first-order valence-corrected chi connectivity index (χ1v) is 23.0. The second-order valence-electron chi connectivity index (χ2n) is 16.5. The maximum Gasteiger partial charge on any atom is 0.261 e. The summed E-state index contributed by atoms with van der Waals surface area (Å²) in [5.41, 5.74) is 2.36. The maximum absolute atomic E-state index is 15.8. The number of carbonyl (C=O) groups excluding carboxylic acids is 1.